The van der Waals surface area contributed by atoms with Gasteiger partial charge in [0.05, 0.1) is 20.0 Å². The maximum absolute atomic E-state index is 13.0. The number of anilines is 2. The molecule has 0 atom stereocenters. The first-order chi connectivity index (χ1) is 15.9. The Bertz CT molecular complexity index is 1620. The maximum atomic E-state index is 13.0. The van der Waals surface area contributed by atoms with E-state index in [1.54, 1.807) is 43.3 Å². The molecule has 4 aromatic rings. The smallest absolute Gasteiger partial charge is 0.262 e. The minimum absolute atomic E-state index is 0.0113. The maximum Gasteiger partial charge on any atom is 0.262 e. The molecule has 0 fully saturated rings. The summed E-state index contributed by atoms with van der Waals surface area (Å²) in [6.45, 7) is 3.55. The number of aryl methyl sites for hydroxylation is 2. The number of carbonyl (C=O) groups is 1. The topological polar surface area (TPSA) is 122 Å². The molecule has 8 nitrogen and oxygen atoms in total. The zero-order valence-corrected chi connectivity index (χ0v) is 20.9. The van der Waals surface area contributed by atoms with E-state index < -0.39 is 25.8 Å². The first-order valence-electron chi connectivity index (χ1n) is 10.0. The number of nitrogens with one attached hydrogen (secondary N) is 2. The lowest BCUT2D eigenvalue weighted by Crippen LogP contribution is -2.17. The van der Waals surface area contributed by atoms with Crippen LogP contribution in [0, 0.1) is 13.8 Å². The van der Waals surface area contributed by atoms with Gasteiger partial charge in [-0.1, -0.05) is 35.1 Å². The van der Waals surface area contributed by atoms with Crippen molar-refractivity contribution in [2.45, 2.75) is 23.6 Å². The van der Waals surface area contributed by atoms with Crippen molar-refractivity contribution in [2.75, 3.05) is 16.3 Å². The van der Waals surface area contributed by atoms with E-state index in [4.69, 9.17) is 0 Å². The van der Waals surface area contributed by atoms with Crippen LogP contribution in [0.2, 0.25) is 0 Å². The van der Waals surface area contributed by atoms with E-state index in [1.165, 1.54) is 24.3 Å². The van der Waals surface area contributed by atoms with E-state index in [1.807, 2.05) is 6.92 Å². The summed E-state index contributed by atoms with van der Waals surface area (Å²) in [6, 6.07) is 15.9. The number of benzene rings is 3. The molecule has 0 aliphatic carbocycles. The molecule has 1 amide bonds. The summed E-state index contributed by atoms with van der Waals surface area (Å²) in [4.78, 5) is 17.3. The van der Waals surface area contributed by atoms with Gasteiger partial charge in [0.15, 0.2) is 15.0 Å². The van der Waals surface area contributed by atoms with Crippen LogP contribution in [0.1, 0.15) is 21.5 Å². The SMILES string of the molecule is Cc1ccc(NS(=O)(=O)c2cc(C(=O)Nc3nc4ccc(S(C)(=O)=O)cc4s3)ccc2C)cc1. The highest BCUT2D eigenvalue weighted by molar-refractivity contribution is 7.92. The third-order valence-electron chi connectivity index (χ3n) is 5.05. The summed E-state index contributed by atoms with van der Waals surface area (Å²) in [5, 5.41) is 2.94. The molecule has 0 aliphatic heterocycles. The number of fused-ring (bicyclic) bond motifs is 1. The van der Waals surface area contributed by atoms with Crippen molar-refractivity contribution < 1.29 is 21.6 Å². The molecule has 0 unspecified atom stereocenters. The Hall–Kier alpha value is -3.28. The monoisotopic (exact) mass is 515 g/mol. The van der Waals surface area contributed by atoms with Crippen LogP contribution in [0.25, 0.3) is 10.2 Å². The average Bonchev–Trinajstić information content (AvgIpc) is 3.16. The molecule has 34 heavy (non-hydrogen) atoms. The fourth-order valence-electron chi connectivity index (χ4n) is 3.22. The van der Waals surface area contributed by atoms with Crippen LogP contribution in [-0.2, 0) is 19.9 Å². The molecule has 0 bridgehead atoms. The predicted molar refractivity (Wildman–Crippen MR) is 134 cm³/mol. The lowest BCUT2D eigenvalue weighted by atomic mass is 10.1. The standard InChI is InChI=1S/C23H21N3O5S3/c1-14-4-8-17(9-5-14)26-34(30,31)21-12-16(7-6-15(21)2)22(27)25-23-24-19-11-10-18(33(3,28)29)13-20(19)32-23/h4-13,26H,1-3H3,(H,24,25,27). The van der Waals surface area contributed by atoms with Crippen molar-refractivity contribution in [1.29, 1.82) is 0 Å². The molecule has 1 heterocycles. The number of sulfone groups is 1. The molecule has 176 valence electrons. The van der Waals surface area contributed by atoms with Gasteiger partial charge < -0.3 is 0 Å². The number of rotatable bonds is 6. The Morgan fingerprint density at radius 1 is 0.912 bits per heavy atom. The molecule has 1 aromatic heterocycles. The van der Waals surface area contributed by atoms with Crippen LogP contribution in [0.4, 0.5) is 10.8 Å². The van der Waals surface area contributed by atoms with E-state index in [0.717, 1.165) is 23.2 Å². The quantitative estimate of drug-likeness (QED) is 0.393. The van der Waals surface area contributed by atoms with Crippen LogP contribution >= 0.6 is 11.3 Å². The highest BCUT2D eigenvalue weighted by Crippen LogP contribution is 2.29. The second-order valence-corrected chi connectivity index (χ2v) is 12.5. The van der Waals surface area contributed by atoms with Gasteiger partial charge in [-0.25, -0.2) is 21.8 Å². The lowest BCUT2D eigenvalue weighted by molar-refractivity contribution is 0.102. The third kappa shape index (κ3) is 5.11. The first kappa shape index (κ1) is 23.9. The zero-order valence-electron chi connectivity index (χ0n) is 18.5. The number of carbonyl (C=O) groups excluding carboxylic acids is 1. The van der Waals surface area contributed by atoms with Crippen LogP contribution < -0.4 is 10.0 Å². The normalized spacial score (nSPS) is 12.0. The molecule has 2 N–H and O–H groups in total. The second kappa shape index (κ2) is 8.82. The summed E-state index contributed by atoms with van der Waals surface area (Å²) < 4.78 is 52.6. The van der Waals surface area contributed by atoms with Gasteiger partial charge in [-0.05, 0) is 61.9 Å². The van der Waals surface area contributed by atoms with E-state index in [0.29, 0.717) is 21.5 Å². The highest BCUT2D eigenvalue weighted by atomic mass is 32.2. The number of aromatic nitrogens is 1. The summed E-state index contributed by atoms with van der Waals surface area (Å²) >= 11 is 1.13. The van der Waals surface area contributed by atoms with E-state index in [2.05, 4.69) is 15.0 Å². The molecule has 0 saturated heterocycles. The number of sulfonamides is 1. The molecule has 0 spiro atoms. The predicted octanol–water partition coefficient (Wildman–Crippen LogP) is 4.37. The molecule has 4 rings (SSSR count). The minimum Gasteiger partial charge on any atom is -0.298 e. The molecule has 0 radical (unpaired) electrons. The Balaban J connectivity index is 1.59. The number of hydrogen-bond acceptors (Lipinski definition) is 7. The molecule has 0 saturated carbocycles. The van der Waals surface area contributed by atoms with Crippen molar-refractivity contribution in [1.82, 2.24) is 4.98 Å². The van der Waals surface area contributed by atoms with Crippen molar-refractivity contribution >= 4 is 58.1 Å². The first-order valence-corrected chi connectivity index (χ1v) is 14.2. The molecular formula is C23H21N3O5S3. The van der Waals surface area contributed by atoms with Crippen LogP contribution in [0.5, 0.6) is 0 Å². The number of amides is 1. The Morgan fingerprint density at radius 3 is 2.29 bits per heavy atom. The van der Waals surface area contributed by atoms with Gasteiger partial charge >= 0.3 is 0 Å². The largest absolute Gasteiger partial charge is 0.298 e. The number of hydrogen-bond donors (Lipinski definition) is 2. The van der Waals surface area contributed by atoms with E-state index in [-0.39, 0.29) is 20.5 Å². The third-order valence-corrected chi connectivity index (χ3v) is 8.62. The van der Waals surface area contributed by atoms with Crippen molar-refractivity contribution in [3.05, 3.63) is 77.4 Å². The van der Waals surface area contributed by atoms with Crippen LogP contribution in [0.15, 0.2) is 70.5 Å². The summed E-state index contributed by atoms with van der Waals surface area (Å²) in [5.74, 6) is -0.533. The van der Waals surface area contributed by atoms with Gasteiger partial charge in [-0.15, -0.1) is 0 Å². The minimum atomic E-state index is -3.92. The summed E-state index contributed by atoms with van der Waals surface area (Å²) in [7, 11) is -7.29. The van der Waals surface area contributed by atoms with Gasteiger partial charge in [-0.3, -0.25) is 14.8 Å². The van der Waals surface area contributed by atoms with Crippen molar-refractivity contribution in [3.63, 3.8) is 0 Å². The number of thiazole rings is 1. The van der Waals surface area contributed by atoms with Gasteiger partial charge in [0, 0.05) is 17.5 Å². The Kier molecular flexibility index (Phi) is 6.19. The lowest BCUT2D eigenvalue weighted by Gasteiger charge is -2.12. The van der Waals surface area contributed by atoms with E-state index in [9.17, 15) is 21.6 Å². The van der Waals surface area contributed by atoms with Gasteiger partial charge in [0.2, 0.25) is 0 Å². The highest BCUT2D eigenvalue weighted by Gasteiger charge is 2.20. The van der Waals surface area contributed by atoms with E-state index >= 15 is 0 Å². The van der Waals surface area contributed by atoms with Crippen molar-refractivity contribution in [2.24, 2.45) is 0 Å². The van der Waals surface area contributed by atoms with Crippen molar-refractivity contribution in [3.8, 4) is 0 Å². The molecular weight excluding hydrogens is 494 g/mol. The zero-order chi connectivity index (χ0) is 24.7. The van der Waals surface area contributed by atoms with Gasteiger partial charge in [0.1, 0.15) is 0 Å². The molecule has 0 aliphatic rings. The molecule has 3 aromatic carbocycles. The fraction of sp³-hybridized carbons (Fsp3) is 0.130. The van der Waals surface area contributed by atoms with Gasteiger partial charge in [-0.2, -0.15) is 0 Å². The number of nitrogens with zero attached hydrogens (tertiary/aromatic N) is 1. The Morgan fingerprint density at radius 2 is 1.62 bits per heavy atom. The molecule has 11 heteroatoms. The van der Waals surface area contributed by atoms with Crippen LogP contribution in [0.3, 0.4) is 0 Å². The fourth-order valence-corrected chi connectivity index (χ4v) is 6.17. The Labute approximate surface area is 201 Å². The van der Waals surface area contributed by atoms with Crippen LogP contribution in [-0.4, -0.2) is 34.0 Å². The summed E-state index contributed by atoms with van der Waals surface area (Å²) in [6.07, 6.45) is 1.12. The average molecular weight is 516 g/mol. The second-order valence-electron chi connectivity index (χ2n) is 7.83. The van der Waals surface area contributed by atoms with Gasteiger partial charge in [0.25, 0.3) is 15.9 Å². The summed E-state index contributed by atoms with van der Waals surface area (Å²) in [5.41, 5.74) is 2.60.